The molecule has 0 saturated heterocycles. The van der Waals surface area contributed by atoms with Crippen molar-refractivity contribution in [3.63, 3.8) is 0 Å². The number of nitrogens with one attached hydrogen (secondary N) is 1. The SMILES string of the molecule is COCC1NN=C2c3cc(Cl)ccc3-n3cnc(C#CCc4ccccc4)c3CN21. The van der Waals surface area contributed by atoms with E-state index in [2.05, 4.69) is 49.0 Å². The molecule has 3 aromatic rings. The van der Waals surface area contributed by atoms with Crippen LogP contribution in [0.3, 0.4) is 0 Å². The highest BCUT2D eigenvalue weighted by atomic mass is 35.5. The van der Waals surface area contributed by atoms with Crippen LogP contribution in [0.25, 0.3) is 5.69 Å². The molecule has 5 rings (SSSR count). The minimum absolute atomic E-state index is 0.0663. The van der Waals surface area contributed by atoms with Gasteiger partial charge in [-0.1, -0.05) is 47.9 Å². The fourth-order valence-corrected chi connectivity index (χ4v) is 4.00. The van der Waals surface area contributed by atoms with E-state index in [-0.39, 0.29) is 6.17 Å². The van der Waals surface area contributed by atoms with E-state index in [1.165, 1.54) is 5.56 Å². The Balaban J connectivity index is 1.56. The second kappa shape index (κ2) is 7.86. The maximum atomic E-state index is 6.31. The number of halogens is 1. The summed E-state index contributed by atoms with van der Waals surface area (Å²) in [5.74, 6) is 7.39. The van der Waals surface area contributed by atoms with Crippen LogP contribution in [0.2, 0.25) is 5.02 Å². The predicted octanol–water partition coefficient (Wildman–Crippen LogP) is 3.17. The number of amidine groups is 1. The Morgan fingerprint density at radius 1 is 1.23 bits per heavy atom. The van der Waals surface area contributed by atoms with Crippen LogP contribution in [-0.2, 0) is 17.7 Å². The summed E-state index contributed by atoms with van der Waals surface area (Å²) in [7, 11) is 1.69. The Kier molecular flexibility index (Phi) is 4.91. The molecule has 3 heterocycles. The summed E-state index contributed by atoms with van der Waals surface area (Å²) < 4.78 is 7.47. The molecule has 0 saturated carbocycles. The van der Waals surface area contributed by atoms with Crippen LogP contribution in [0.15, 0.2) is 60.0 Å². The lowest BCUT2D eigenvalue weighted by Gasteiger charge is -2.25. The molecule has 0 radical (unpaired) electrons. The lowest BCUT2D eigenvalue weighted by atomic mass is 10.1. The second-order valence-corrected chi connectivity index (χ2v) is 7.64. The van der Waals surface area contributed by atoms with Gasteiger partial charge in [-0.25, -0.2) is 4.98 Å². The maximum absolute atomic E-state index is 6.31. The fraction of sp³-hybridized carbons (Fsp3) is 0.217. The summed E-state index contributed by atoms with van der Waals surface area (Å²) in [6, 6.07) is 16.0. The molecule has 2 aliphatic heterocycles. The van der Waals surface area contributed by atoms with Gasteiger partial charge in [-0.05, 0) is 29.7 Å². The van der Waals surface area contributed by atoms with E-state index in [1.807, 2.05) is 42.7 Å². The predicted molar refractivity (Wildman–Crippen MR) is 116 cm³/mol. The van der Waals surface area contributed by atoms with Crippen LogP contribution >= 0.6 is 11.6 Å². The quantitative estimate of drug-likeness (QED) is 0.665. The number of rotatable bonds is 3. The summed E-state index contributed by atoms with van der Waals surface area (Å²) in [6.45, 7) is 1.12. The van der Waals surface area contributed by atoms with Gasteiger partial charge in [-0.15, -0.1) is 0 Å². The minimum atomic E-state index is -0.0663. The molecule has 6 nitrogen and oxygen atoms in total. The topological polar surface area (TPSA) is 54.7 Å². The van der Waals surface area contributed by atoms with Crippen molar-refractivity contribution in [3.8, 4) is 17.5 Å². The minimum Gasteiger partial charge on any atom is -0.381 e. The fourth-order valence-electron chi connectivity index (χ4n) is 3.82. The molecule has 0 amide bonds. The molecular weight excluding hydrogens is 398 g/mol. The summed E-state index contributed by atoms with van der Waals surface area (Å²) in [5, 5.41) is 5.24. The van der Waals surface area contributed by atoms with Gasteiger partial charge in [0, 0.05) is 24.1 Å². The van der Waals surface area contributed by atoms with Gasteiger partial charge in [-0.2, -0.15) is 5.10 Å². The summed E-state index contributed by atoms with van der Waals surface area (Å²) in [5.41, 5.74) is 8.10. The van der Waals surface area contributed by atoms with Gasteiger partial charge in [-0.3, -0.25) is 9.99 Å². The summed E-state index contributed by atoms with van der Waals surface area (Å²) in [4.78, 5) is 6.80. The number of hydrazone groups is 1. The van der Waals surface area contributed by atoms with E-state index < -0.39 is 0 Å². The molecule has 1 atom stereocenters. The normalized spacial score (nSPS) is 16.4. The van der Waals surface area contributed by atoms with E-state index in [1.54, 1.807) is 7.11 Å². The van der Waals surface area contributed by atoms with Gasteiger partial charge in [0.2, 0.25) is 0 Å². The third-order valence-corrected chi connectivity index (χ3v) is 5.52. The van der Waals surface area contributed by atoms with Gasteiger partial charge in [0.25, 0.3) is 0 Å². The Morgan fingerprint density at radius 2 is 2.10 bits per heavy atom. The van der Waals surface area contributed by atoms with Gasteiger partial charge < -0.3 is 9.64 Å². The van der Waals surface area contributed by atoms with Crippen LogP contribution in [0.4, 0.5) is 0 Å². The van der Waals surface area contributed by atoms with Gasteiger partial charge >= 0.3 is 0 Å². The number of aromatic nitrogens is 2. The van der Waals surface area contributed by atoms with Crippen molar-refractivity contribution in [1.82, 2.24) is 19.9 Å². The molecule has 0 bridgehead atoms. The average molecular weight is 418 g/mol. The monoisotopic (exact) mass is 417 g/mol. The third-order valence-electron chi connectivity index (χ3n) is 5.28. The Morgan fingerprint density at radius 3 is 2.93 bits per heavy atom. The van der Waals surface area contributed by atoms with Crippen molar-refractivity contribution < 1.29 is 4.74 Å². The van der Waals surface area contributed by atoms with E-state index >= 15 is 0 Å². The van der Waals surface area contributed by atoms with Crippen molar-refractivity contribution in [3.05, 3.63) is 82.4 Å². The first kappa shape index (κ1) is 18.7. The van der Waals surface area contributed by atoms with Crippen molar-refractivity contribution in [2.75, 3.05) is 13.7 Å². The number of methoxy groups -OCH3 is 1. The number of hydrogen-bond donors (Lipinski definition) is 1. The Bertz CT molecular complexity index is 1180. The lowest BCUT2D eigenvalue weighted by molar-refractivity contribution is 0.118. The molecule has 0 spiro atoms. The molecule has 2 aliphatic rings. The highest BCUT2D eigenvalue weighted by molar-refractivity contribution is 6.31. The molecule has 7 heteroatoms. The summed E-state index contributed by atoms with van der Waals surface area (Å²) >= 11 is 6.31. The zero-order valence-electron chi connectivity index (χ0n) is 16.5. The van der Waals surface area contributed by atoms with Crippen LogP contribution < -0.4 is 5.43 Å². The molecule has 1 aromatic heterocycles. The lowest BCUT2D eigenvalue weighted by Crippen LogP contribution is -2.42. The van der Waals surface area contributed by atoms with E-state index in [4.69, 9.17) is 16.3 Å². The van der Waals surface area contributed by atoms with Gasteiger partial charge in [0.1, 0.15) is 18.2 Å². The number of ether oxygens (including phenoxy) is 1. The largest absolute Gasteiger partial charge is 0.381 e. The molecule has 1 unspecified atom stereocenters. The van der Waals surface area contributed by atoms with Crippen molar-refractivity contribution in [1.29, 1.82) is 0 Å². The number of hydrogen-bond acceptors (Lipinski definition) is 5. The van der Waals surface area contributed by atoms with Crippen molar-refractivity contribution in [2.45, 2.75) is 19.1 Å². The molecule has 150 valence electrons. The maximum Gasteiger partial charge on any atom is 0.160 e. The summed E-state index contributed by atoms with van der Waals surface area (Å²) in [6.07, 6.45) is 2.45. The molecule has 0 aliphatic carbocycles. The second-order valence-electron chi connectivity index (χ2n) is 7.20. The zero-order chi connectivity index (χ0) is 20.5. The van der Waals surface area contributed by atoms with E-state index in [9.17, 15) is 0 Å². The molecule has 2 aromatic carbocycles. The molecule has 1 N–H and O–H groups in total. The number of benzene rings is 2. The van der Waals surface area contributed by atoms with E-state index in [0.29, 0.717) is 24.6 Å². The smallest absolute Gasteiger partial charge is 0.160 e. The standard InChI is InChI=1S/C23H20ClN5O/c1-30-14-22-26-27-23-18-12-17(24)10-11-20(18)29-15-25-19(21(29)13-28(22)23)9-5-8-16-6-3-2-4-7-16/h2-4,6-7,10-12,15,22,26H,8,13-14H2,1H3. The Labute approximate surface area is 180 Å². The zero-order valence-corrected chi connectivity index (χ0v) is 17.2. The first-order chi connectivity index (χ1) is 14.7. The van der Waals surface area contributed by atoms with Crippen LogP contribution in [0, 0.1) is 11.8 Å². The number of imidazole rings is 1. The first-order valence-electron chi connectivity index (χ1n) is 9.72. The van der Waals surface area contributed by atoms with Crippen LogP contribution in [-0.4, -0.2) is 40.2 Å². The third kappa shape index (κ3) is 3.32. The van der Waals surface area contributed by atoms with Crippen LogP contribution in [0.1, 0.15) is 22.5 Å². The first-order valence-corrected chi connectivity index (χ1v) is 10.1. The number of fused-ring (bicyclic) bond motifs is 5. The average Bonchev–Trinajstić information content (AvgIpc) is 3.31. The van der Waals surface area contributed by atoms with Crippen molar-refractivity contribution >= 4 is 17.4 Å². The molecule has 30 heavy (non-hydrogen) atoms. The van der Waals surface area contributed by atoms with Crippen molar-refractivity contribution in [2.24, 2.45) is 5.10 Å². The van der Waals surface area contributed by atoms with Crippen LogP contribution in [0.5, 0.6) is 0 Å². The highest BCUT2D eigenvalue weighted by Gasteiger charge is 2.34. The molecule has 0 fully saturated rings. The Hall–Kier alpha value is -3.27. The highest BCUT2D eigenvalue weighted by Crippen LogP contribution is 2.31. The van der Waals surface area contributed by atoms with Gasteiger partial charge in [0.05, 0.1) is 24.5 Å². The number of nitrogens with zero attached hydrogens (tertiary/aromatic N) is 4. The molecular formula is C23H20ClN5O. The van der Waals surface area contributed by atoms with E-state index in [0.717, 1.165) is 28.5 Å². The van der Waals surface area contributed by atoms with Gasteiger partial charge in [0.15, 0.2) is 5.84 Å².